The second-order valence-electron chi connectivity index (χ2n) is 7.63. The van der Waals surface area contributed by atoms with Crippen LogP contribution in [0.1, 0.15) is 37.8 Å². The van der Waals surface area contributed by atoms with Crippen LogP contribution in [-0.2, 0) is 4.79 Å². The van der Waals surface area contributed by atoms with Crippen molar-refractivity contribution in [3.63, 3.8) is 0 Å². The van der Waals surface area contributed by atoms with Crippen molar-refractivity contribution >= 4 is 17.3 Å². The van der Waals surface area contributed by atoms with E-state index in [2.05, 4.69) is 0 Å². The van der Waals surface area contributed by atoms with Gasteiger partial charge in [0.1, 0.15) is 11.8 Å². The summed E-state index contributed by atoms with van der Waals surface area (Å²) in [5.41, 5.74) is 3.50. The summed E-state index contributed by atoms with van der Waals surface area (Å²) in [7, 11) is 0. The van der Waals surface area contributed by atoms with Crippen LogP contribution in [0.15, 0.2) is 53.5 Å². The first-order valence-electron chi connectivity index (χ1n) is 9.32. The van der Waals surface area contributed by atoms with Crippen LogP contribution in [0.25, 0.3) is 0 Å². The van der Waals surface area contributed by atoms with Crippen molar-refractivity contribution in [2.75, 3.05) is 11.4 Å². The second-order valence-corrected chi connectivity index (χ2v) is 7.63. The van der Waals surface area contributed by atoms with Crippen LogP contribution >= 0.6 is 0 Å². The smallest absolute Gasteiger partial charge is 0.252 e. The number of amides is 1. The Kier molecular flexibility index (Phi) is 4.27. The lowest BCUT2D eigenvalue weighted by Crippen LogP contribution is -2.41. The van der Waals surface area contributed by atoms with Gasteiger partial charge in [0.2, 0.25) is 0 Å². The van der Waals surface area contributed by atoms with Gasteiger partial charge in [0.15, 0.2) is 0 Å². The van der Waals surface area contributed by atoms with Gasteiger partial charge in [0.25, 0.3) is 5.91 Å². The number of nitrogens with zero attached hydrogens (tertiary/aromatic N) is 2. The average molecular weight is 348 g/mol. The lowest BCUT2D eigenvalue weighted by Gasteiger charge is -2.26. The second kappa shape index (κ2) is 6.60. The summed E-state index contributed by atoms with van der Waals surface area (Å²) in [5.74, 6) is 0.983. The normalized spacial score (nSPS) is 20.0. The highest BCUT2D eigenvalue weighted by atomic mass is 16.3. The quantitative estimate of drug-likeness (QED) is 0.907. The molecule has 1 heterocycles. The van der Waals surface area contributed by atoms with E-state index in [-0.39, 0.29) is 17.6 Å². The molecule has 0 saturated heterocycles. The van der Waals surface area contributed by atoms with Crippen molar-refractivity contribution in [3.05, 3.63) is 59.7 Å². The molecule has 4 heteroatoms. The number of hydrogen-bond donors (Lipinski definition) is 1. The van der Waals surface area contributed by atoms with E-state index >= 15 is 0 Å². The van der Waals surface area contributed by atoms with Gasteiger partial charge in [-0.2, -0.15) is 0 Å². The van der Waals surface area contributed by atoms with Gasteiger partial charge in [-0.1, -0.05) is 44.2 Å². The Morgan fingerprint density at radius 3 is 2.62 bits per heavy atom. The fourth-order valence-corrected chi connectivity index (χ4v) is 3.52. The molecule has 26 heavy (non-hydrogen) atoms. The number of benzene rings is 2. The number of aromatic hydroxyl groups is 1. The van der Waals surface area contributed by atoms with Gasteiger partial charge in [-0.05, 0) is 42.9 Å². The molecular weight excluding hydrogens is 324 g/mol. The summed E-state index contributed by atoms with van der Waals surface area (Å²) >= 11 is 0. The maximum absolute atomic E-state index is 13.3. The summed E-state index contributed by atoms with van der Waals surface area (Å²) in [6, 6.07) is 14.7. The highest BCUT2D eigenvalue weighted by Gasteiger charge is 2.36. The van der Waals surface area contributed by atoms with Gasteiger partial charge in [0, 0.05) is 17.7 Å². The van der Waals surface area contributed by atoms with Crippen molar-refractivity contribution in [3.8, 4) is 5.75 Å². The van der Waals surface area contributed by atoms with Gasteiger partial charge < -0.3 is 10.0 Å². The van der Waals surface area contributed by atoms with Crippen LogP contribution < -0.4 is 4.90 Å². The van der Waals surface area contributed by atoms with E-state index < -0.39 is 6.04 Å². The first kappa shape index (κ1) is 16.8. The lowest BCUT2D eigenvalue weighted by atomic mass is 9.99. The summed E-state index contributed by atoms with van der Waals surface area (Å²) < 4.78 is 0. The fourth-order valence-electron chi connectivity index (χ4n) is 3.52. The molecule has 0 bridgehead atoms. The van der Waals surface area contributed by atoms with Gasteiger partial charge in [-0.25, -0.2) is 0 Å². The molecule has 1 unspecified atom stereocenters. The molecule has 1 fully saturated rings. The molecule has 1 atom stereocenters. The Hall–Kier alpha value is -2.62. The molecule has 4 nitrogen and oxygen atoms in total. The predicted molar refractivity (Wildman–Crippen MR) is 104 cm³/mol. The van der Waals surface area contributed by atoms with E-state index in [1.165, 1.54) is 12.8 Å². The van der Waals surface area contributed by atoms with Crippen molar-refractivity contribution in [1.29, 1.82) is 0 Å². The van der Waals surface area contributed by atoms with Gasteiger partial charge in [-0.3, -0.25) is 9.79 Å². The number of para-hydroxylation sites is 1. The number of hydrogen-bond acceptors (Lipinski definition) is 3. The highest BCUT2D eigenvalue weighted by molar-refractivity contribution is 6.20. The standard InChI is InChI=1S/C22H24N2O2/c1-14(2)20-22(26)24(13-15-10-11-15)19-9-4-3-8-18(19)21(23-20)16-6-5-7-17(25)12-16/h3-9,12,14-15,20,25H,10-11,13H2,1-2H3. The Morgan fingerprint density at radius 1 is 1.15 bits per heavy atom. The summed E-state index contributed by atoms with van der Waals surface area (Å²) in [4.78, 5) is 20.2. The van der Waals surface area contributed by atoms with E-state index in [1.807, 2.05) is 55.1 Å². The van der Waals surface area contributed by atoms with E-state index in [0.29, 0.717) is 5.92 Å². The van der Waals surface area contributed by atoms with Crippen LogP contribution in [0.3, 0.4) is 0 Å². The van der Waals surface area contributed by atoms with Crippen LogP contribution in [0.5, 0.6) is 5.75 Å². The zero-order valence-electron chi connectivity index (χ0n) is 15.2. The third-order valence-corrected chi connectivity index (χ3v) is 5.13. The van der Waals surface area contributed by atoms with Gasteiger partial charge >= 0.3 is 0 Å². The monoisotopic (exact) mass is 348 g/mol. The first-order valence-corrected chi connectivity index (χ1v) is 9.32. The highest BCUT2D eigenvalue weighted by Crippen LogP contribution is 2.36. The van der Waals surface area contributed by atoms with Crippen LogP contribution in [0, 0.1) is 11.8 Å². The SMILES string of the molecule is CC(C)C1N=C(c2cccc(O)c2)c2ccccc2N(CC2CC2)C1=O. The maximum Gasteiger partial charge on any atom is 0.252 e. The van der Waals surface area contributed by atoms with E-state index in [9.17, 15) is 9.90 Å². The zero-order valence-corrected chi connectivity index (χ0v) is 15.2. The molecule has 1 aliphatic carbocycles. The number of benzodiazepines with no additional fused rings is 1. The minimum Gasteiger partial charge on any atom is -0.508 e. The van der Waals surface area contributed by atoms with Crippen LogP contribution in [0.2, 0.25) is 0 Å². The number of phenolic OH excluding ortho intramolecular Hbond substituents is 1. The van der Waals surface area contributed by atoms with Crippen LogP contribution in [-0.4, -0.2) is 29.3 Å². The molecule has 1 saturated carbocycles. The lowest BCUT2D eigenvalue weighted by molar-refractivity contribution is -0.120. The molecule has 2 aromatic rings. The summed E-state index contributed by atoms with van der Waals surface area (Å²) in [6.45, 7) is 4.84. The van der Waals surface area contributed by atoms with Crippen molar-refractivity contribution in [2.45, 2.75) is 32.7 Å². The number of carbonyl (C=O) groups is 1. The third kappa shape index (κ3) is 3.12. The average Bonchev–Trinajstić information content (AvgIpc) is 3.44. The Labute approximate surface area is 154 Å². The molecule has 1 aliphatic heterocycles. The number of aliphatic imine (C=N–C) groups is 1. The molecule has 0 radical (unpaired) electrons. The number of anilines is 1. The Bertz CT molecular complexity index is 868. The topological polar surface area (TPSA) is 52.9 Å². The molecule has 134 valence electrons. The number of rotatable bonds is 4. The van der Waals surface area contributed by atoms with Crippen LogP contribution in [0.4, 0.5) is 5.69 Å². The minimum atomic E-state index is -0.418. The molecule has 1 amide bonds. The number of carbonyl (C=O) groups excluding carboxylic acids is 1. The van der Waals surface area contributed by atoms with Crippen molar-refractivity contribution < 1.29 is 9.90 Å². The van der Waals surface area contributed by atoms with Crippen molar-refractivity contribution in [1.82, 2.24) is 0 Å². The Morgan fingerprint density at radius 2 is 1.92 bits per heavy atom. The third-order valence-electron chi connectivity index (χ3n) is 5.13. The molecule has 2 aliphatic rings. The van der Waals surface area contributed by atoms with E-state index in [4.69, 9.17) is 4.99 Å². The minimum absolute atomic E-state index is 0.0782. The zero-order chi connectivity index (χ0) is 18.3. The fraction of sp³-hybridized carbons (Fsp3) is 0.364. The summed E-state index contributed by atoms with van der Waals surface area (Å²) in [6.07, 6.45) is 2.39. The van der Waals surface area contributed by atoms with E-state index in [1.54, 1.807) is 12.1 Å². The molecule has 2 aromatic carbocycles. The molecule has 1 N–H and O–H groups in total. The summed E-state index contributed by atoms with van der Waals surface area (Å²) in [5, 5.41) is 9.94. The Balaban J connectivity index is 1.90. The predicted octanol–water partition coefficient (Wildman–Crippen LogP) is 4.01. The van der Waals surface area contributed by atoms with Crippen molar-refractivity contribution in [2.24, 2.45) is 16.8 Å². The first-order chi connectivity index (χ1) is 12.5. The molecule has 4 rings (SSSR count). The molecular formula is C22H24N2O2. The number of fused-ring (bicyclic) bond motifs is 1. The molecule has 0 aromatic heterocycles. The number of phenols is 1. The molecule has 0 spiro atoms. The maximum atomic E-state index is 13.3. The van der Waals surface area contributed by atoms with Gasteiger partial charge in [0.05, 0.1) is 11.4 Å². The van der Waals surface area contributed by atoms with E-state index in [0.717, 1.165) is 29.1 Å². The largest absolute Gasteiger partial charge is 0.508 e. The van der Waals surface area contributed by atoms with Gasteiger partial charge in [-0.15, -0.1) is 0 Å².